The molecular formula is C24H30N6O8. The number of likely N-dealkylation sites (tertiary alicyclic amines) is 1. The lowest BCUT2D eigenvalue weighted by Crippen LogP contribution is -2.58. The van der Waals surface area contributed by atoms with Gasteiger partial charge in [-0.2, -0.15) is 0 Å². The number of para-hydroxylation sites is 1. The Balaban J connectivity index is 1.72. The second-order valence-corrected chi connectivity index (χ2v) is 9.09. The van der Waals surface area contributed by atoms with Crippen LogP contribution in [-0.2, 0) is 35.2 Å². The number of H-pyrrole nitrogens is 1. The van der Waals surface area contributed by atoms with Crippen LogP contribution in [0.1, 0.15) is 31.2 Å². The first-order valence-electron chi connectivity index (χ1n) is 11.9. The number of fused-ring (bicyclic) bond motifs is 1. The van der Waals surface area contributed by atoms with Crippen molar-refractivity contribution < 1.29 is 39.0 Å². The number of amides is 4. The van der Waals surface area contributed by atoms with Gasteiger partial charge in [0.05, 0.1) is 18.9 Å². The summed E-state index contributed by atoms with van der Waals surface area (Å²) in [5.74, 6) is -6.32. The number of aromatic nitrogens is 1. The molecule has 1 fully saturated rings. The molecule has 14 heteroatoms. The van der Waals surface area contributed by atoms with Crippen LogP contribution >= 0.6 is 0 Å². The molecular weight excluding hydrogens is 500 g/mol. The summed E-state index contributed by atoms with van der Waals surface area (Å²) in [6.07, 6.45) is 0.904. The number of aromatic amines is 1. The molecule has 4 atom stereocenters. The fourth-order valence-electron chi connectivity index (χ4n) is 4.45. The zero-order valence-electron chi connectivity index (χ0n) is 20.4. The third-order valence-electron chi connectivity index (χ3n) is 6.30. The zero-order valence-corrected chi connectivity index (χ0v) is 20.4. The van der Waals surface area contributed by atoms with Crippen molar-refractivity contribution in [3.63, 3.8) is 0 Å². The number of carboxylic acid groups (broad SMARTS) is 2. The van der Waals surface area contributed by atoms with Crippen molar-refractivity contribution >= 4 is 46.5 Å². The van der Waals surface area contributed by atoms with E-state index in [9.17, 15) is 39.0 Å². The second kappa shape index (κ2) is 12.2. The van der Waals surface area contributed by atoms with Crippen LogP contribution in [0.5, 0.6) is 0 Å². The van der Waals surface area contributed by atoms with Gasteiger partial charge in [0.2, 0.25) is 23.6 Å². The average molecular weight is 531 g/mol. The number of carbonyl (C=O) groups excluding carboxylic acids is 4. The molecule has 1 aliphatic heterocycles. The summed E-state index contributed by atoms with van der Waals surface area (Å²) in [6.45, 7) is 0.0961. The van der Waals surface area contributed by atoms with E-state index in [2.05, 4.69) is 15.6 Å². The first-order valence-corrected chi connectivity index (χ1v) is 11.9. The molecule has 9 N–H and O–H groups in total. The molecule has 1 aromatic heterocycles. The van der Waals surface area contributed by atoms with Crippen molar-refractivity contribution in [1.82, 2.24) is 20.5 Å². The van der Waals surface area contributed by atoms with Crippen molar-refractivity contribution in [3.8, 4) is 0 Å². The number of hydrogen-bond donors (Lipinski definition) is 7. The van der Waals surface area contributed by atoms with Gasteiger partial charge in [-0.25, -0.2) is 4.79 Å². The third-order valence-corrected chi connectivity index (χ3v) is 6.30. The minimum absolute atomic E-state index is 0.0889. The Kier molecular flexibility index (Phi) is 9.02. The Labute approximate surface area is 216 Å². The van der Waals surface area contributed by atoms with Gasteiger partial charge in [-0.15, -0.1) is 0 Å². The van der Waals surface area contributed by atoms with Crippen molar-refractivity contribution in [3.05, 3.63) is 36.0 Å². The number of primary amides is 1. The summed E-state index contributed by atoms with van der Waals surface area (Å²) < 4.78 is 0. The quantitative estimate of drug-likeness (QED) is 0.167. The highest BCUT2D eigenvalue weighted by atomic mass is 16.4. The Morgan fingerprint density at radius 2 is 1.71 bits per heavy atom. The van der Waals surface area contributed by atoms with Gasteiger partial charge in [0, 0.05) is 23.6 Å². The van der Waals surface area contributed by atoms with E-state index < -0.39 is 72.6 Å². The van der Waals surface area contributed by atoms with Gasteiger partial charge in [-0.05, 0) is 30.9 Å². The molecule has 0 spiro atoms. The summed E-state index contributed by atoms with van der Waals surface area (Å²) in [6, 6.07) is 1.91. The topological polar surface area (TPSA) is 238 Å². The molecule has 0 radical (unpaired) electrons. The number of nitrogens with one attached hydrogen (secondary N) is 3. The zero-order chi connectivity index (χ0) is 28.0. The van der Waals surface area contributed by atoms with Crippen LogP contribution in [0.25, 0.3) is 10.9 Å². The van der Waals surface area contributed by atoms with Crippen molar-refractivity contribution in [2.24, 2.45) is 11.5 Å². The first kappa shape index (κ1) is 28.1. The van der Waals surface area contributed by atoms with Crippen LogP contribution in [0.15, 0.2) is 30.5 Å². The number of carbonyl (C=O) groups is 6. The number of nitrogens with zero attached hydrogens (tertiary/aromatic N) is 1. The van der Waals surface area contributed by atoms with Crippen molar-refractivity contribution in [1.29, 1.82) is 0 Å². The smallest absolute Gasteiger partial charge is 0.326 e. The molecule has 0 aliphatic carbocycles. The minimum atomic E-state index is -1.63. The lowest BCUT2D eigenvalue weighted by molar-refractivity contribution is -0.150. The Morgan fingerprint density at radius 1 is 1.03 bits per heavy atom. The highest BCUT2D eigenvalue weighted by Crippen LogP contribution is 2.20. The van der Waals surface area contributed by atoms with Crippen LogP contribution in [0.3, 0.4) is 0 Å². The molecule has 38 heavy (non-hydrogen) atoms. The monoisotopic (exact) mass is 530 g/mol. The summed E-state index contributed by atoms with van der Waals surface area (Å²) in [5, 5.41) is 24.1. The van der Waals surface area contributed by atoms with E-state index in [1.807, 2.05) is 24.3 Å². The highest BCUT2D eigenvalue weighted by Gasteiger charge is 2.39. The molecule has 1 aliphatic rings. The SMILES string of the molecule is NC(=O)CC(NC(=O)C(CC(=O)O)NC(=O)C(N)Cc1c[nH]c2ccccc12)C(=O)N1CCCC1C(=O)O. The van der Waals surface area contributed by atoms with Crippen molar-refractivity contribution in [2.45, 2.75) is 56.3 Å². The van der Waals surface area contributed by atoms with Crippen LogP contribution in [-0.4, -0.2) is 86.4 Å². The molecule has 0 bridgehead atoms. The Morgan fingerprint density at radius 3 is 2.37 bits per heavy atom. The van der Waals surface area contributed by atoms with E-state index in [0.29, 0.717) is 6.42 Å². The molecule has 14 nitrogen and oxygen atoms in total. The van der Waals surface area contributed by atoms with Gasteiger partial charge in [0.25, 0.3) is 0 Å². The Hall–Kier alpha value is -4.46. The van der Waals surface area contributed by atoms with Gasteiger partial charge in [0.1, 0.15) is 18.1 Å². The third kappa shape index (κ3) is 6.85. The molecule has 4 amide bonds. The van der Waals surface area contributed by atoms with Crippen LogP contribution in [0.4, 0.5) is 0 Å². The maximum absolute atomic E-state index is 13.0. The number of rotatable bonds is 12. The Bertz CT molecular complexity index is 1240. The summed E-state index contributed by atoms with van der Waals surface area (Å²) in [7, 11) is 0. The maximum Gasteiger partial charge on any atom is 0.326 e. The van der Waals surface area contributed by atoms with E-state index in [-0.39, 0.29) is 19.4 Å². The van der Waals surface area contributed by atoms with Gasteiger partial charge in [-0.3, -0.25) is 24.0 Å². The predicted molar refractivity (Wildman–Crippen MR) is 132 cm³/mol. The summed E-state index contributed by atoms with van der Waals surface area (Å²) in [4.78, 5) is 77.3. The standard InChI is InChI=1S/C24H30N6O8/c25-14(8-12-11-27-15-5-2-1-4-13(12)15)21(34)28-16(10-20(32)33)22(35)29-17(9-19(26)31)23(36)30-7-3-6-18(30)24(37)38/h1-2,4-5,11,14,16-18,27H,3,6-10,25H2,(H2,26,31)(H,28,34)(H,29,35)(H,32,33)(H,37,38). The first-order chi connectivity index (χ1) is 18.0. The van der Waals surface area contributed by atoms with Gasteiger partial charge in [-0.1, -0.05) is 18.2 Å². The number of hydrogen-bond acceptors (Lipinski definition) is 7. The fraction of sp³-hybridized carbons (Fsp3) is 0.417. The van der Waals surface area contributed by atoms with Crippen LogP contribution < -0.4 is 22.1 Å². The van der Waals surface area contributed by atoms with E-state index in [4.69, 9.17) is 11.5 Å². The largest absolute Gasteiger partial charge is 0.481 e. The van der Waals surface area contributed by atoms with Crippen LogP contribution in [0, 0.1) is 0 Å². The van der Waals surface area contributed by atoms with E-state index in [1.165, 1.54) is 0 Å². The van der Waals surface area contributed by atoms with E-state index in [1.54, 1.807) is 6.20 Å². The van der Waals surface area contributed by atoms with Gasteiger partial charge in [0.15, 0.2) is 0 Å². The van der Waals surface area contributed by atoms with Crippen molar-refractivity contribution in [2.75, 3.05) is 6.54 Å². The normalized spacial score (nSPS) is 17.4. The predicted octanol–water partition coefficient (Wildman–Crippen LogP) is -1.57. The molecule has 4 unspecified atom stereocenters. The number of nitrogens with two attached hydrogens (primary N) is 2. The minimum Gasteiger partial charge on any atom is -0.481 e. The molecule has 1 saturated heterocycles. The molecule has 2 heterocycles. The lowest BCUT2D eigenvalue weighted by atomic mass is 10.0. The summed E-state index contributed by atoms with van der Waals surface area (Å²) >= 11 is 0. The van der Waals surface area contributed by atoms with Gasteiger partial charge < -0.3 is 42.2 Å². The van der Waals surface area contributed by atoms with Gasteiger partial charge >= 0.3 is 11.9 Å². The summed E-state index contributed by atoms with van der Waals surface area (Å²) in [5.41, 5.74) is 12.8. The average Bonchev–Trinajstić information content (AvgIpc) is 3.50. The molecule has 0 saturated carbocycles. The van der Waals surface area contributed by atoms with E-state index >= 15 is 0 Å². The molecule has 204 valence electrons. The molecule has 3 rings (SSSR count). The molecule has 1 aromatic carbocycles. The number of carboxylic acids is 2. The number of aliphatic carboxylic acids is 2. The lowest BCUT2D eigenvalue weighted by Gasteiger charge is -2.28. The fourth-order valence-corrected chi connectivity index (χ4v) is 4.45. The molecule has 2 aromatic rings. The highest BCUT2D eigenvalue weighted by molar-refractivity contribution is 5.97. The van der Waals surface area contributed by atoms with Crippen LogP contribution in [0.2, 0.25) is 0 Å². The van der Waals surface area contributed by atoms with E-state index in [0.717, 1.165) is 21.4 Å². The second-order valence-electron chi connectivity index (χ2n) is 9.09. The number of benzene rings is 1. The maximum atomic E-state index is 13.0.